The van der Waals surface area contributed by atoms with Crippen LogP contribution < -0.4 is 5.32 Å². The second kappa shape index (κ2) is 5.38. The van der Waals surface area contributed by atoms with Crippen molar-refractivity contribution >= 4 is 5.91 Å². The number of nitrogens with one attached hydrogen (secondary N) is 1. The average molecular weight is 214 g/mol. The molecular weight excluding hydrogens is 203 g/mol. The lowest BCUT2D eigenvalue weighted by atomic mass is 10.2. The fraction of sp³-hybridized carbons (Fsp3) is 0.333. The number of pyridine rings is 1. The van der Waals surface area contributed by atoms with Gasteiger partial charge < -0.3 is 15.5 Å². The molecule has 0 fully saturated rings. The van der Waals surface area contributed by atoms with Gasteiger partial charge in [-0.2, -0.15) is 0 Å². The largest absolute Gasteiger partial charge is 0.394 e. The molecule has 0 aliphatic rings. The molecule has 0 bridgehead atoms. The Morgan fingerprint density at radius 3 is 3.00 bits per heavy atom. The number of carbonyl (C=O) groups is 1. The molecule has 3 N–H and O–H groups in total. The quantitative estimate of drug-likeness (QED) is 0.619. The molecule has 1 heterocycles. The van der Waals surface area contributed by atoms with Crippen molar-refractivity contribution < 1.29 is 19.4 Å². The zero-order valence-corrected chi connectivity index (χ0v) is 7.85. The van der Waals surface area contributed by atoms with Gasteiger partial charge in [-0.25, -0.2) is 4.39 Å². The van der Waals surface area contributed by atoms with Crippen LogP contribution in [0.4, 0.5) is 4.39 Å². The van der Waals surface area contributed by atoms with E-state index in [1.54, 1.807) is 0 Å². The van der Waals surface area contributed by atoms with Gasteiger partial charge in [-0.3, -0.25) is 9.78 Å². The monoisotopic (exact) mass is 214 g/mol. The maximum absolute atomic E-state index is 13.0. The normalized spacial score (nSPS) is 12.2. The molecule has 0 saturated carbocycles. The van der Waals surface area contributed by atoms with Crippen molar-refractivity contribution in [3.05, 3.63) is 29.8 Å². The maximum atomic E-state index is 13.0. The molecule has 0 aliphatic carbocycles. The number of aromatic nitrogens is 1. The van der Waals surface area contributed by atoms with Crippen molar-refractivity contribution in [2.75, 3.05) is 13.2 Å². The number of hydrogen-bond acceptors (Lipinski definition) is 4. The molecule has 0 saturated heterocycles. The van der Waals surface area contributed by atoms with Crippen LogP contribution in [0.2, 0.25) is 0 Å². The third-order valence-electron chi connectivity index (χ3n) is 1.73. The highest BCUT2D eigenvalue weighted by atomic mass is 19.1. The number of rotatable bonds is 4. The maximum Gasteiger partial charge on any atom is 0.254 e. The van der Waals surface area contributed by atoms with E-state index in [1.807, 2.05) is 0 Å². The topological polar surface area (TPSA) is 82.5 Å². The van der Waals surface area contributed by atoms with Crippen LogP contribution in [0.15, 0.2) is 18.5 Å². The lowest BCUT2D eigenvalue weighted by Gasteiger charge is -2.08. The lowest BCUT2D eigenvalue weighted by Crippen LogP contribution is -2.34. The Bertz CT molecular complexity index is 346. The highest BCUT2D eigenvalue weighted by Gasteiger charge is 2.12. The van der Waals surface area contributed by atoms with Gasteiger partial charge in [0.2, 0.25) is 0 Å². The number of amides is 1. The fourth-order valence-corrected chi connectivity index (χ4v) is 0.930. The van der Waals surface area contributed by atoms with Crippen LogP contribution in [0.3, 0.4) is 0 Å². The number of hydrogen-bond donors (Lipinski definition) is 3. The van der Waals surface area contributed by atoms with E-state index in [9.17, 15) is 9.18 Å². The fourth-order valence-electron chi connectivity index (χ4n) is 0.930. The van der Waals surface area contributed by atoms with Gasteiger partial charge >= 0.3 is 0 Å². The summed E-state index contributed by atoms with van der Waals surface area (Å²) in [5, 5.41) is 19.7. The number of nitrogens with zero attached hydrogens (tertiary/aromatic N) is 1. The lowest BCUT2D eigenvalue weighted by molar-refractivity contribution is 0.0799. The molecule has 5 nitrogen and oxygen atoms in total. The number of carbonyl (C=O) groups excluding carboxylic acids is 1. The summed E-state index contributed by atoms with van der Waals surface area (Å²) in [5.41, 5.74) is -0.143. The first-order valence-electron chi connectivity index (χ1n) is 4.31. The molecule has 1 amide bonds. The molecule has 1 atom stereocenters. The average Bonchev–Trinajstić information content (AvgIpc) is 2.26. The van der Waals surface area contributed by atoms with Gasteiger partial charge in [-0.05, 0) is 6.07 Å². The Kier molecular flexibility index (Phi) is 4.14. The zero-order valence-electron chi connectivity index (χ0n) is 7.85. The van der Waals surface area contributed by atoms with Crippen molar-refractivity contribution in [2.24, 2.45) is 0 Å². The van der Waals surface area contributed by atoms with Gasteiger partial charge in [-0.15, -0.1) is 0 Å². The van der Waals surface area contributed by atoms with Gasteiger partial charge in [0, 0.05) is 12.7 Å². The van der Waals surface area contributed by atoms with Crippen LogP contribution in [0.5, 0.6) is 0 Å². The third kappa shape index (κ3) is 3.26. The Balaban J connectivity index is 2.58. The van der Waals surface area contributed by atoms with E-state index in [-0.39, 0.29) is 12.1 Å². The van der Waals surface area contributed by atoms with Crippen LogP contribution in [0, 0.1) is 5.82 Å². The Hall–Kier alpha value is -1.53. The van der Waals surface area contributed by atoms with Crippen LogP contribution in [0.1, 0.15) is 10.4 Å². The van der Waals surface area contributed by atoms with Gasteiger partial charge in [0.1, 0.15) is 0 Å². The van der Waals surface area contributed by atoms with E-state index in [0.29, 0.717) is 0 Å². The molecule has 1 rings (SSSR count). The van der Waals surface area contributed by atoms with Gasteiger partial charge in [-0.1, -0.05) is 0 Å². The van der Waals surface area contributed by atoms with Crippen LogP contribution >= 0.6 is 0 Å². The van der Waals surface area contributed by atoms with Crippen LogP contribution in [-0.4, -0.2) is 40.4 Å². The van der Waals surface area contributed by atoms with Crippen LogP contribution in [-0.2, 0) is 0 Å². The highest BCUT2D eigenvalue weighted by molar-refractivity contribution is 5.94. The van der Waals surface area contributed by atoms with Gasteiger partial charge in [0.05, 0.1) is 24.5 Å². The minimum atomic E-state index is -1.04. The first-order chi connectivity index (χ1) is 7.15. The molecule has 1 aromatic heterocycles. The van der Waals surface area contributed by atoms with Crippen molar-refractivity contribution in [1.29, 1.82) is 0 Å². The smallest absolute Gasteiger partial charge is 0.254 e. The van der Waals surface area contributed by atoms with E-state index < -0.39 is 24.4 Å². The summed E-state index contributed by atoms with van der Waals surface area (Å²) in [4.78, 5) is 14.8. The minimum Gasteiger partial charge on any atom is -0.394 e. The molecule has 82 valence electrons. The molecule has 0 aromatic carbocycles. The second-order valence-corrected chi connectivity index (χ2v) is 2.90. The third-order valence-corrected chi connectivity index (χ3v) is 1.73. The highest BCUT2D eigenvalue weighted by Crippen LogP contribution is 2.03. The molecule has 1 unspecified atom stereocenters. The number of aliphatic hydroxyl groups is 2. The van der Waals surface area contributed by atoms with E-state index >= 15 is 0 Å². The first-order valence-corrected chi connectivity index (χ1v) is 4.31. The summed E-state index contributed by atoms with van der Waals surface area (Å²) in [6.45, 7) is -0.587. The SMILES string of the molecule is O=C(NCC(O)CO)c1ccncc1F. The summed E-state index contributed by atoms with van der Waals surface area (Å²) >= 11 is 0. The summed E-state index contributed by atoms with van der Waals surface area (Å²) in [6.07, 6.45) is 1.18. The van der Waals surface area contributed by atoms with E-state index in [0.717, 1.165) is 6.20 Å². The summed E-state index contributed by atoms with van der Waals surface area (Å²) in [5.74, 6) is -1.38. The van der Waals surface area contributed by atoms with Crippen LogP contribution in [0.25, 0.3) is 0 Å². The number of aliphatic hydroxyl groups excluding tert-OH is 2. The Morgan fingerprint density at radius 2 is 2.40 bits per heavy atom. The summed E-state index contributed by atoms with van der Waals surface area (Å²) in [6, 6.07) is 1.23. The molecular formula is C9H11FN2O3. The van der Waals surface area contributed by atoms with E-state index in [1.165, 1.54) is 12.3 Å². The molecule has 1 aromatic rings. The molecule has 0 spiro atoms. The van der Waals surface area contributed by atoms with E-state index in [2.05, 4.69) is 10.3 Å². The standard InChI is InChI=1S/C9H11FN2O3/c10-8-4-11-2-1-7(8)9(15)12-3-6(14)5-13/h1-2,4,6,13-14H,3,5H2,(H,12,15). The van der Waals surface area contributed by atoms with Crippen molar-refractivity contribution in [3.8, 4) is 0 Å². The molecule has 15 heavy (non-hydrogen) atoms. The van der Waals surface area contributed by atoms with Crippen molar-refractivity contribution in [2.45, 2.75) is 6.10 Å². The zero-order chi connectivity index (χ0) is 11.3. The van der Waals surface area contributed by atoms with E-state index in [4.69, 9.17) is 10.2 Å². The molecule has 0 radical (unpaired) electrons. The summed E-state index contributed by atoms with van der Waals surface area (Å²) in [7, 11) is 0. The predicted octanol–water partition coefficient (Wildman–Crippen LogP) is -0.696. The van der Waals surface area contributed by atoms with Gasteiger partial charge in [0.15, 0.2) is 5.82 Å². The van der Waals surface area contributed by atoms with Crippen molar-refractivity contribution in [1.82, 2.24) is 10.3 Å². The van der Waals surface area contributed by atoms with Crippen molar-refractivity contribution in [3.63, 3.8) is 0 Å². The minimum absolute atomic E-state index is 0.128. The van der Waals surface area contributed by atoms with Gasteiger partial charge in [0.25, 0.3) is 5.91 Å². The predicted molar refractivity (Wildman–Crippen MR) is 49.6 cm³/mol. The second-order valence-electron chi connectivity index (χ2n) is 2.90. The Labute approximate surface area is 85.6 Å². The molecule has 0 aliphatic heterocycles. The first kappa shape index (κ1) is 11.5. The molecule has 6 heteroatoms. The number of halogens is 1. The Morgan fingerprint density at radius 1 is 1.67 bits per heavy atom. The summed E-state index contributed by atoms with van der Waals surface area (Å²) < 4.78 is 13.0.